The summed E-state index contributed by atoms with van der Waals surface area (Å²) in [6.07, 6.45) is -4.60. The molecule has 9 heteroatoms. The Bertz CT molecular complexity index is 868. The molecule has 1 fully saturated rings. The van der Waals surface area contributed by atoms with E-state index in [4.69, 9.17) is 9.47 Å². The van der Waals surface area contributed by atoms with Crippen molar-refractivity contribution in [2.24, 2.45) is 0 Å². The number of hydrogen-bond acceptors (Lipinski definition) is 4. The van der Waals surface area contributed by atoms with Gasteiger partial charge in [0.1, 0.15) is 12.4 Å². The number of amides is 2. The van der Waals surface area contributed by atoms with Crippen molar-refractivity contribution in [1.29, 1.82) is 0 Å². The molecule has 6 nitrogen and oxygen atoms in total. The van der Waals surface area contributed by atoms with Gasteiger partial charge >= 0.3 is 12.2 Å². The molecule has 2 aromatic rings. The van der Waals surface area contributed by atoms with Gasteiger partial charge in [-0.05, 0) is 42.8 Å². The zero-order valence-corrected chi connectivity index (χ0v) is 16.6. The van der Waals surface area contributed by atoms with Crippen LogP contribution >= 0.6 is 0 Å². The molecule has 0 aromatic heterocycles. The number of carbonyl (C=O) groups is 1. The number of morpholine rings is 1. The molecular weight excluding hydrogens is 399 g/mol. The lowest BCUT2D eigenvalue weighted by Crippen LogP contribution is -2.36. The molecule has 1 aliphatic rings. The van der Waals surface area contributed by atoms with E-state index in [2.05, 4.69) is 10.6 Å². The first kappa shape index (κ1) is 21.8. The summed E-state index contributed by atoms with van der Waals surface area (Å²) in [6.45, 7) is 4.24. The van der Waals surface area contributed by atoms with Gasteiger partial charge in [-0.2, -0.15) is 13.2 Å². The predicted octanol–water partition coefficient (Wildman–Crippen LogP) is 4.05. The van der Waals surface area contributed by atoms with Gasteiger partial charge in [0.15, 0.2) is 0 Å². The first-order valence-corrected chi connectivity index (χ1v) is 9.61. The third kappa shape index (κ3) is 6.03. The van der Waals surface area contributed by atoms with Crippen LogP contribution in [0, 0.1) is 6.92 Å². The van der Waals surface area contributed by atoms with Crippen molar-refractivity contribution >= 4 is 17.4 Å². The summed E-state index contributed by atoms with van der Waals surface area (Å²) in [5.74, 6) is 0.662. The van der Waals surface area contributed by atoms with Gasteiger partial charge in [0.2, 0.25) is 0 Å². The summed E-state index contributed by atoms with van der Waals surface area (Å²) < 4.78 is 51.4. The molecule has 2 aromatic carbocycles. The van der Waals surface area contributed by atoms with E-state index in [-0.39, 0.29) is 18.8 Å². The molecule has 0 radical (unpaired) electrons. The van der Waals surface area contributed by atoms with Crippen LogP contribution in [0.3, 0.4) is 0 Å². The predicted molar refractivity (Wildman–Crippen MR) is 108 cm³/mol. The number of anilines is 2. The van der Waals surface area contributed by atoms with Crippen LogP contribution in [0.5, 0.6) is 5.75 Å². The van der Waals surface area contributed by atoms with Gasteiger partial charge in [0, 0.05) is 18.8 Å². The molecule has 2 N–H and O–H groups in total. The summed E-state index contributed by atoms with van der Waals surface area (Å²) >= 11 is 0. The molecule has 162 valence electrons. The number of alkyl halides is 3. The van der Waals surface area contributed by atoms with Crippen molar-refractivity contribution in [3.63, 3.8) is 0 Å². The van der Waals surface area contributed by atoms with E-state index >= 15 is 0 Å². The summed E-state index contributed by atoms with van der Waals surface area (Å²) in [6, 6.07) is 10.6. The maximum absolute atomic E-state index is 13.5. The maximum Gasteiger partial charge on any atom is 0.418 e. The van der Waals surface area contributed by atoms with Gasteiger partial charge in [-0.15, -0.1) is 0 Å². The second-order valence-corrected chi connectivity index (χ2v) is 6.87. The Hall–Kier alpha value is -2.94. The molecule has 1 saturated heterocycles. The molecule has 0 atom stereocenters. The van der Waals surface area contributed by atoms with Crippen LogP contribution in [0.2, 0.25) is 0 Å². The van der Waals surface area contributed by atoms with Crippen molar-refractivity contribution in [3.8, 4) is 5.75 Å². The van der Waals surface area contributed by atoms with Crippen LogP contribution in [0.15, 0.2) is 42.5 Å². The number of carbonyl (C=O) groups excluding carboxylic acids is 1. The Morgan fingerprint density at radius 3 is 2.63 bits per heavy atom. The fourth-order valence-electron chi connectivity index (χ4n) is 3.10. The first-order chi connectivity index (χ1) is 14.3. The van der Waals surface area contributed by atoms with Crippen LogP contribution in [-0.2, 0) is 10.9 Å². The van der Waals surface area contributed by atoms with Gasteiger partial charge < -0.3 is 25.0 Å². The maximum atomic E-state index is 13.5. The van der Waals surface area contributed by atoms with E-state index < -0.39 is 17.8 Å². The van der Waals surface area contributed by atoms with Crippen molar-refractivity contribution in [1.82, 2.24) is 5.32 Å². The second kappa shape index (κ2) is 9.71. The topological polar surface area (TPSA) is 62.8 Å². The largest absolute Gasteiger partial charge is 0.492 e. The quantitative estimate of drug-likeness (QED) is 0.689. The second-order valence-electron chi connectivity index (χ2n) is 6.87. The molecule has 2 amide bonds. The van der Waals surface area contributed by atoms with E-state index in [0.29, 0.717) is 37.7 Å². The Balaban J connectivity index is 1.58. The van der Waals surface area contributed by atoms with Crippen molar-refractivity contribution in [2.75, 3.05) is 49.7 Å². The monoisotopic (exact) mass is 423 g/mol. The lowest BCUT2D eigenvalue weighted by atomic mass is 10.1. The number of nitrogens with one attached hydrogen (secondary N) is 2. The molecule has 1 heterocycles. The van der Waals surface area contributed by atoms with Crippen molar-refractivity contribution in [2.45, 2.75) is 13.1 Å². The van der Waals surface area contributed by atoms with Crippen molar-refractivity contribution < 1.29 is 27.4 Å². The molecule has 0 unspecified atom stereocenters. The van der Waals surface area contributed by atoms with Crippen LogP contribution < -0.4 is 20.3 Å². The molecule has 3 rings (SSSR count). The van der Waals surface area contributed by atoms with Crippen molar-refractivity contribution in [3.05, 3.63) is 53.6 Å². The third-order valence-electron chi connectivity index (χ3n) is 4.58. The number of nitrogens with zero attached hydrogens (tertiary/aromatic N) is 1. The highest BCUT2D eigenvalue weighted by molar-refractivity contribution is 5.90. The minimum Gasteiger partial charge on any atom is -0.492 e. The van der Waals surface area contributed by atoms with Gasteiger partial charge in [0.05, 0.1) is 31.0 Å². The number of halogens is 3. The van der Waals surface area contributed by atoms with Crippen LogP contribution in [-0.4, -0.2) is 45.5 Å². The number of hydrogen-bond donors (Lipinski definition) is 2. The average Bonchev–Trinajstić information content (AvgIpc) is 2.71. The SMILES string of the molecule is Cc1cccc(OCCNC(=O)Nc2ccc(N3CCOCC3)cc2C(F)(F)F)c1. The summed E-state index contributed by atoms with van der Waals surface area (Å²) in [5, 5.41) is 4.79. The molecule has 1 aliphatic heterocycles. The highest BCUT2D eigenvalue weighted by atomic mass is 19.4. The van der Waals surface area contributed by atoms with E-state index in [0.717, 1.165) is 11.6 Å². The Morgan fingerprint density at radius 2 is 1.93 bits per heavy atom. The molecule has 0 spiro atoms. The Kier molecular flexibility index (Phi) is 7.04. The molecule has 0 saturated carbocycles. The van der Waals surface area contributed by atoms with E-state index in [1.54, 1.807) is 12.1 Å². The van der Waals surface area contributed by atoms with E-state index in [1.165, 1.54) is 6.07 Å². The number of rotatable bonds is 6. The number of benzene rings is 2. The highest BCUT2D eigenvalue weighted by Gasteiger charge is 2.34. The van der Waals surface area contributed by atoms with E-state index in [9.17, 15) is 18.0 Å². The third-order valence-corrected chi connectivity index (χ3v) is 4.58. The van der Waals surface area contributed by atoms with Gasteiger partial charge in [0.25, 0.3) is 0 Å². The first-order valence-electron chi connectivity index (χ1n) is 9.61. The normalized spacial score (nSPS) is 14.3. The van der Waals surface area contributed by atoms with E-state index in [1.807, 2.05) is 30.0 Å². The summed E-state index contributed by atoms with van der Waals surface area (Å²) in [4.78, 5) is 13.9. The molecule has 0 aliphatic carbocycles. The number of aryl methyl sites for hydroxylation is 1. The van der Waals surface area contributed by atoms with Gasteiger partial charge in [-0.1, -0.05) is 12.1 Å². The fraction of sp³-hybridized carbons (Fsp3) is 0.381. The zero-order valence-electron chi connectivity index (χ0n) is 16.6. The zero-order chi connectivity index (χ0) is 21.6. The Morgan fingerprint density at radius 1 is 1.17 bits per heavy atom. The highest BCUT2D eigenvalue weighted by Crippen LogP contribution is 2.37. The smallest absolute Gasteiger partial charge is 0.418 e. The van der Waals surface area contributed by atoms with Crippen LogP contribution in [0.4, 0.5) is 29.3 Å². The minimum absolute atomic E-state index is 0.146. The minimum atomic E-state index is -4.60. The average molecular weight is 423 g/mol. The molecule has 30 heavy (non-hydrogen) atoms. The fourth-order valence-corrected chi connectivity index (χ4v) is 3.10. The lowest BCUT2D eigenvalue weighted by molar-refractivity contribution is -0.136. The number of ether oxygens (including phenoxy) is 2. The lowest BCUT2D eigenvalue weighted by Gasteiger charge is -2.29. The van der Waals surface area contributed by atoms with Crippen LogP contribution in [0.25, 0.3) is 0 Å². The Labute approximate surface area is 173 Å². The summed E-state index contributed by atoms with van der Waals surface area (Å²) in [5.41, 5.74) is 0.302. The standard InChI is InChI=1S/C21H24F3N3O3/c1-15-3-2-4-17(13-15)30-10-7-25-20(28)26-19-6-5-16(14-18(19)21(22,23)24)27-8-11-29-12-9-27/h2-6,13-14H,7-12H2,1H3,(H2,25,26,28). The molecule has 0 bridgehead atoms. The summed E-state index contributed by atoms with van der Waals surface area (Å²) in [7, 11) is 0. The number of urea groups is 1. The van der Waals surface area contributed by atoms with Gasteiger partial charge in [-0.3, -0.25) is 0 Å². The van der Waals surface area contributed by atoms with Crippen LogP contribution in [0.1, 0.15) is 11.1 Å². The molecular formula is C21H24F3N3O3. The van der Waals surface area contributed by atoms with Gasteiger partial charge in [-0.25, -0.2) is 4.79 Å².